The van der Waals surface area contributed by atoms with Crippen LogP contribution < -0.4 is 11.1 Å². The van der Waals surface area contributed by atoms with Gasteiger partial charge in [0.25, 0.3) is 5.91 Å². The Kier molecular flexibility index (Phi) is 5.19. The minimum Gasteiger partial charge on any atom is -0.365 e. The number of likely N-dealkylation sites (N-methyl/N-ethyl adjacent to an activating group) is 1. The summed E-state index contributed by atoms with van der Waals surface area (Å²) in [5, 5.41) is 2.72. The molecule has 1 aliphatic heterocycles. The summed E-state index contributed by atoms with van der Waals surface area (Å²) in [6, 6.07) is 4.54. The van der Waals surface area contributed by atoms with E-state index in [1.807, 2.05) is 29.5 Å². The molecule has 8 heteroatoms. The van der Waals surface area contributed by atoms with Crippen LogP contribution in [0.15, 0.2) is 24.4 Å². The predicted octanol–water partition coefficient (Wildman–Crippen LogP) is 3.23. The first kappa shape index (κ1) is 18.0. The number of rotatable bonds is 5. The lowest BCUT2D eigenvalue weighted by molar-refractivity contribution is 0.0995. The van der Waals surface area contributed by atoms with Crippen molar-refractivity contribution in [3.63, 3.8) is 0 Å². The second kappa shape index (κ2) is 7.20. The van der Waals surface area contributed by atoms with Crippen molar-refractivity contribution in [3.8, 4) is 0 Å². The van der Waals surface area contributed by atoms with Crippen LogP contribution in [-0.4, -0.2) is 35.4 Å². The molecule has 2 heterocycles. The molecular weight excluding hydrogens is 441 g/mol. The fourth-order valence-corrected chi connectivity index (χ4v) is 3.31. The largest absolute Gasteiger partial charge is 0.365 e. The Morgan fingerprint density at radius 1 is 1.40 bits per heavy atom. The molecule has 2 aromatic rings. The summed E-state index contributed by atoms with van der Waals surface area (Å²) in [5.74, 6) is -2.23. The molecule has 1 amide bonds. The van der Waals surface area contributed by atoms with Gasteiger partial charge in [-0.2, -0.15) is 0 Å². The zero-order valence-corrected chi connectivity index (χ0v) is 15.7. The molecule has 0 atom stereocenters. The number of carbonyl (C=O) groups is 1. The molecule has 0 spiro atoms. The monoisotopic (exact) mass is 458 g/mol. The predicted molar refractivity (Wildman–Crippen MR) is 100.0 cm³/mol. The van der Waals surface area contributed by atoms with Crippen LogP contribution in [0.5, 0.6) is 0 Å². The van der Waals surface area contributed by atoms with Crippen LogP contribution in [-0.2, 0) is 0 Å². The van der Waals surface area contributed by atoms with E-state index in [-0.39, 0.29) is 28.6 Å². The first-order valence-electron chi connectivity index (χ1n) is 7.83. The van der Waals surface area contributed by atoms with Gasteiger partial charge in [-0.05, 0) is 47.3 Å². The first-order valence-corrected chi connectivity index (χ1v) is 8.91. The number of nitrogens with two attached hydrogens (primary N) is 1. The molecule has 1 aromatic carbocycles. The van der Waals surface area contributed by atoms with Gasteiger partial charge in [-0.25, -0.2) is 8.78 Å². The fraction of sp³-hybridized carbons (Fsp3) is 0.294. The van der Waals surface area contributed by atoms with E-state index in [1.165, 1.54) is 18.3 Å². The fourth-order valence-electron chi connectivity index (χ4n) is 2.86. The summed E-state index contributed by atoms with van der Waals surface area (Å²) in [6.07, 6.45) is 1.34. The number of anilines is 2. The highest BCUT2D eigenvalue weighted by molar-refractivity contribution is 14.1. The quantitative estimate of drug-likeness (QED) is 0.676. The van der Waals surface area contributed by atoms with E-state index < -0.39 is 17.5 Å². The van der Waals surface area contributed by atoms with Crippen LogP contribution in [0.4, 0.5) is 20.2 Å². The van der Waals surface area contributed by atoms with Gasteiger partial charge in [0.15, 0.2) is 5.82 Å². The standard InChI is InChI=1S/C17H17F2IN4O/c1-2-24-7-9(8-24)16-15(19)14(17(21)25)13(6-22-16)23-12-4-3-10(20)5-11(12)18/h3-6,9,23H,2,7-8H2,1H3,(H2,21,25). The number of hydrogen-bond donors (Lipinski definition) is 2. The van der Waals surface area contributed by atoms with Crippen molar-refractivity contribution in [1.29, 1.82) is 0 Å². The number of carbonyl (C=O) groups excluding carboxylic acids is 1. The zero-order valence-electron chi connectivity index (χ0n) is 13.5. The van der Waals surface area contributed by atoms with E-state index in [4.69, 9.17) is 5.73 Å². The molecule has 5 nitrogen and oxygen atoms in total. The number of primary amides is 1. The number of halogens is 3. The number of hydrogen-bond acceptors (Lipinski definition) is 4. The third-order valence-corrected chi connectivity index (χ3v) is 4.96. The molecule has 25 heavy (non-hydrogen) atoms. The summed E-state index contributed by atoms with van der Waals surface area (Å²) < 4.78 is 29.6. The Balaban J connectivity index is 1.94. The van der Waals surface area contributed by atoms with Crippen molar-refractivity contribution < 1.29 is 13.6 Å². The minimum atomic E-state index is -0.916. The van der Waals surface area contributed by atoms with Gasteiger partial charge in [0.1, 0.15) is 11.4 Å². The van der Waals surface area contributed by atoms with E-state index in [0.717, 1.165) is 10.1 Å². The van der Waals surface area contributed by atoms with Crippen molar-refractivity contribution >= 4 is 39.9 Å². The van der Waals surface area contributed by atoms with Gasteiger partial charge in [-0.3, -0.25) is 9.78 Å². The second-order valence-corrected chi connectivity index (χ2v) is 7.15. The number of aromatic nitrogens is 1. The summed E-state index contributed by atoms with van der Waals surface area (Å²) >= 11 is 1.98. The Morgan fingerprint density at radius 2 is 2.12 bits per heavy atom. The SMILES string of the molecule is CCN1CC(c2ncc(Nc3ccc(I)cc3F)c(C(N)=O)c2F)C1. The van der Waals surface area contributed by atoms with Crippen molar-refractivity contribution in [2.45, 2.75) is 12.8 Å². The van der Waals surface area contributed by atoms with Crippen molar-refractivity contribution in [1.82, 2.24) is 9.88 Å². The Labute approximate surface area is 157 Å². The van der Waals surface area contributed by atoms with Crippen LogP contribution in [0.3, 0.4) is 0 Å². The third kappa shape index (κ3) is 3.59. The highest BCUT2D eigenvalue weighted by atomic mass is 127. The molecule has 1 fully saturated rings. The normalized spacial score (nSPS) is 15.0. The zero-order chi connectivity index (χ0) is 18.1. The van der Waals surface area contributed by atoms with E-state index in [1.54, 1.807) is 6.07 Å². The Morgan fingerprint density at radius 3 is 2.72 bits per heavy atom. The van der Waals surface area contributed by atoms with E-state index in [2.05, 4.69) is 15.2 Å². The van der Waals surface area contributed by atoms with Crippen LogP contribution in [0.2, 0.25) is 0 Å². The van der Waals surface area contributed by atoms with Gasteiger partial charge in [0.05, 0.1) is 23.3 Å². The summed E-state index contributed by atoms with van der Waals surface area (Å²) in [7, 11) is 0. The molecular formula is C17H17F2IN4O. The third-order valence-electron chi connectivity index (χ3n) is 4.28. The van der Waals surface area contributed by atoms with Gasteiger partial charge < -0.3 is 16.0 Å². The number of amides is 1. The minimum absolute atomic E-state index is 0.0560. The van der Waals surface area contributed by atoms with Crippen LogP contribution in [0.1, 0.15) is 28.9 Å². The lowest BCUT2D eigenvalue weighted by atomic mass is 9.94. The summed E-state index contributed by atoms with van der Waals surface area (Å²) in [5.41, 5.74) is 5.48. The van der Waals surface area contributed by atoms with Crippen molar-refractivity contribution in [3.05, 3.63) is 50.9 Å². The number of nitrogens with one attached hydrogen (secondary N) is 1. The van der Waals surface area contributed by atoms with Crippen LogP contribution in [0.25, 0.3) is 0 Å². The van der Waals surface area contributed by atoms with Gasteiger partial charge in [0, 0.05) is 22.6 Å². The smallest absolute Gasteiger partial charge is 0.253 e. The molecule has 0 aliphatic carbocycles. The molecule has 0 unspecified atom stereocenters. The van der Waals surface area contributed by atoms with Crippen LogP contribution >= 0.6 is 22.6 Å². The van der Waals surface area contributed by atoms with Crippen molar-refractivity contribution in [2.75, 3.05) is 25.0 Å². The van der Waals surface area contributed by atoms with E-state index in [0.29, 0.717) is 13.1 Å². The number of pyridine rings is 1. The first-order chi connectivity index (χ1) is 11.9. The highest BCUT2D eigenvalue weighted by Gasteiger charge is 2.32. The Hall–Kier alpha value is -1.81. The summed E-state index contributed by atoms with van der Waals surface area (Å²) in [6.45, 7) is 4.29. The summed E-state index contributed by atoms with van der Waals surface area (Å²) in [4.78, 5) is 18.1. The molecule has 1 aromatic heterocycles. The van der Waals surface area contributed by atoms with Gasteiger partial charge >= 0.3 is 0 Å². The maximum Gasteiger partial charge on any atom is 0.253 e. The molecule has 3 N–H and O–H groups in total. The van der Waals surface area contributed by atoms with Crippen LogP contribution in [0, 0.1) is 15.2 Å². The van der Waals surface area contributed by atoms with Gasteiger partial charge in [-0.15, -0.1) is 0 Å². The average Bonchev–Trinajstić information content (AvgIpc) is 2.50. The topological polar surface area (TPSA) is 71.2 Å². The van der Waals surface area contributed by atoms with Crippen molar-refractivity contribution in [2.24, 2.45) is 5.73 Å². The average molecular weight is 458 g/mol. The van der Waals surface area contributed by atoms with Gasteiger partial charge in [-0.1, -0.05) is 6.92 Å². The maximum atomic E-state index is 14.8. The Bertz CT molecular complexity index is 825. The lowest BCUT2D eigenvalue weighted by Gasteiger charge is -2.38. The molecule has 3 rings (SSSR count). The highest BCUT2D eigenvalue weighted by Crippen LogP contribution is 2.32. The molecule has 0 radical (unpaired) electrons. The second-order valence-electron chi connectivity index (χ2n) is 5.91. The molecule has 1 saturated heterocycles. The maximum absolute atomic E-state index is 14.8. The lowest BCUT2D eigenvalue weighted by Crippen LogP contribution is -2.45. The number of benzene rings is 1. The number of likely N-dealkylation sites (tertiary alicyclic amines) is 1. The molecule has 132 valence electrons. The molecule has 1 aliphatic rings. The van der Waals surface area contributed by atoms with E-state index in [9.17, 15) is 13.6 Å². The van der Waals surface area contributed by atoms with E-state index >= 15 is 0 Å². The molecule has 0 saturated carbocycles. The number of nitrogens with zero attached hydrogens (tertiary/aromatic N) is 2. The van der Waals surface area contributed by atoms with Gasteiger partial charge in [0.2, 0.25) is 0 Å². The molecule has 0 bridgehead atoms.